The topological polar surface area (TPSA) is 96.0 Å². The molecule has 0 fully saturated rings. The van der Waals surface area contributed by atoms with E-state index in [9.17, 15) is 9.59 Å². The predicted molar refractivity (Wildman–Crippen MR) is 112 cm³/mol. The minimum absolute atomic E-state index is 0.0363. The highest BCUT2D eigenvalue weighted by atomic mass is 32.2. The quantitative estimate of drug-likeness (QED) is 0.435. The number of amides is 3. The molecule has 0 spiro atoms. The number of hydrogen-bond acceptors (Lipinski definition) is 6. The van der Waals surface area contributed by atoms with Crippen LogP contribution < -0.4 is 16.0 Å². The van der Waals surface area contributed by atoms with Crippen molar-refractivity contribution in [2.45, 2.75) is 25.0 Å². The fourth-order valence-corrected chi connectivity index (χ4v) is 3.12. The third kappa shape index (κ3) is 5.43. The Labute approximate surface area is 167 Å². The molecule has 0 aliphatic carbocycles. The number of nitrogens with one attached hydrogen (secondary N) is 3. The maximum atomic E-state index is 12.0. The van der Waals surface area contributed by atoms with Gasteiger partial charge in [-0.3, -0.25) is 10.1 Å². The van der Waals surface area contributed by atoms with Gasteiger partial charge >= 0.3 is 6.03 Å². The highest BCUT2D eigenvalue weighted by Crippen LogP contribution is 2.26. The largest absolute Gasteiger partial charge is 0.340 e. The molecule has 1 heterocycles. The first kappa shape index (κ1) is 19.6. The number of fused-ring (bicyclic) bond motifs is 1. The first-order valence-corrected chi connectivity index (χ1v) is 9.82. The fourth-order valence-electron chi connectivity index (χ4n) is 2.46. The number of thioether (sulfide) groups is 1. The van der Waals surface area contributed by atoms with E-state index in [1.54, 1.807) is 0 Å². The van der Waals surface area contributed by atoms with Gasteiger partial charge in [0.05, 0.1) is 11.3 Å². The van der Waals surface area contributed by atoms with Gasteiger partial charge in [-0.05, 0) is 38.1 Å². The average Bonchev–Trinajstić information content (AvgIpc) is 2.66. The number of nitrogens with zero attached hydrogens (tertiary/aromatic N) is 2. The number of aromatic nitrogens is 2. The summed E-state index contributed by atoms with van der Waals surface area (Å²) in [6.45, 7) is 3.64. The molecular weight excluding hydrogens is 374 g/mol. The third-order valence-corrected chi connectivity index (χ3v) is 4.47. The molecule has 0 saturated carbocycles. The van der Waals surface area contributed by atoms with Crippen molar-refractivity contribution in [1.29, 1.82) is 0 Å². The number of imide groups is 1. The van der Waals surface area contributed by atoms with Crippen LogP contribution >= 0.6 is 11.8 Å². The summed E-state index contributed by atoms with van der Waals surface area (Å²) in [6.07, 6.45) is 0. The highest BCUT2D eigenvalue weighted by molar-refractivity contribution is 7.99. The molecule has 28 heavy (non-hydrogen) atoms. The van der Waals surface area contributed by atoms with Crippen molar-refractivity contribution >= 4 is 46.1 Å². The first-order valence-electron chi connectivity index (χ1n) is 8.83. The van der Waals surface area contributed by atoms with Crippen LogP contribution in [-0.4, -0.2) is 33.7 Å². The highest BCUT2D eigenvalue weighted by Gasteiger charge is 2.12. The Balaban J connectivity index is 1.74. The molecule has 3 amide bonds. The molecule has 0 saturated heterocycles. The van der Waals surface area contributed by atoms with Gasteiger partial charge in [-0.1, -0.05) is 42.1 Å². The lowest BCUT2D eigenvalue weighted by molar-refractivity contribution is -0.117. The molecule has 0 atom stereocenters. The van der Waals surface area contributed by atoms with E-state index in [0.717, 1.165) is 16.6 Å². The van der Waals surface area contributed by atoms with Crippen molar-refractivity contribution in [3.63, 3.8) is 0 Å². The molecule has 7 nitrogen and oxygen atoms in total. The van der Waals surface area contributed by atoms with Crippen molar-refractivity contribution in [1.82, 2.24) is 20.6 Å². The summed E-state index contributed by atoms with van der Waals surface area (Å²) in [5.41, 5.74) is 1.68. The summed E-state index contributed by atoms with van der Waals surface area (Å²) >= 11 is 1.17. The van der Waals surface area contributed by atoms with Crippen molar-refractivity contribution in [3.05, 3.63) is 54.6 Å². The van der Waals surface area contributed by atoms with Gasteiger partial charge in [0.2, 0.25) is 5.91 Å². The van der Waals surface area contributed by atoms with Gasteiger partial charge in [-0.15, -0.1) is 0 Å². The number of hydrogen-bond donors (Lipinski definition) is 3. The Kier molecular flexibility index (Phi) is 6.44. The minimum atomic E-state index is -0.508. The molecule has 3 rings (SSSR count). The average molecular weight is 395 g/mol. The molecule has 144 valence electrons. The number of carbonyl (C=O) groups is 2. The molecule has 3 aromatic rings. The van der Waals surface area contributed by atoms with Crippen molar-refractivity contribution in [2.75, 3.05) is 11.1 Å². The maximum absolute atomic E-state index is 12.0. The monoisotopic (exact) mass is 395 g/mol. The van der Waals surface area contributed by atoms with Crippen LogP contribution in [0.3, 0.4) is 0 Å². The van der Waals surface area contributed by atoms with Crippen molar-refractivity contribution < 1.29 is 9.59 Å². The Morgan fingerprint density at radius 2 is 1.71 bits per heavy atom. The zero-order chi connectivity index (χ0) is 19.9. The van der Waals surface area contributed by atoms with Crippen LogP contribution in [0.5, 0.6) is 0 Å². The predicted octanol–water partition coefficient (Wildman–Crippen LogP) is 3.70. The third-order valence-electron chi connectivity index (χ3n) is 3.62. The van der Waals surface area contributed by atoms with Crippen LogP contribution in [0.15, 0.2) is 59.8 Å². The van der Waals surface area contributed by atoms with Gasteiger partial charge < -0.3 is 10.6 Å². The van der Waals surface area contributed by atoms with Crippen LogP contribution in [0, 0.1) is 0 Å². The van der Waals surface area contributed by atoms with Crippen LogP contribution in [0.4, 0.5) is 16.3 Å². The van der Waals surface area contributed by atoms with Gasteiger partial charge in [0.1, 0.15) is 5.82 Å². The second kappa shape index (κ2) is 9.18. The summed E-state index contributed by atoms with van der Waals surface area (Å²) in [5, 5.41) is 9.54. The summed E-state index contributed by atoms with van der Waals surface area (Å²) in [6, 6.07) is 16.8. The summed E-state index contributed by atoms with van der Waals surface area (Å²) in [7, 11) is 0. The molecule has 0 aliphatic heterocycles. The van der Waals surface area contributed by atoms with Gasteiger partial charge in [0.15, 0.2) is 5.16 Å². The Hall–Kier alpha value is -3.13. The number of anilines is 2. The van der Waals surface area contributed by atoms with Crippen molar-refractivity contribution in [2.24, 2.45) is 0 Å². The number of benzene rings is 2. The maximum Gasteiger partial charge on any atom is 0.321 e. The van der Waals surface area contributed by atoms with E-state index in [0.29, 0.717) is 11.0 Å². The molecule has 0 unspecified atom stereocenters. The van der Waals surface area contributed by atoms with Gasteiger partial charge in [-0.25, -0.2) is 14.8 Å². The van der Waals surface area contributed by atoms with Gasteiger partial charge in [0.25, 0.3) is 0 Å². The van der Waals surface area contributed by atoms with E-state index in [1.165, 1.54) is 11.8 Å². The zero-order valence-electron chi connectivity index (χ0n) is 15.6. The van der Waals surface area contributed by atoms with Gasteiger partial charge in [-0.2, -0.15) is 0 Å². The molecule has 0 radical (unpaired) electrons. The Morgan fingerprint density at radius 3 is 2.46 bits per heavy atom. The molecular formula is C20H21N5O2S. The standard InChI is InChI=1S/C20H21N5O2S/c1-13(2)21-19(27)24-17(26)12-28-20-23-16-11-7-6-10-15(16)18(25-20)22-14-8-4-3-5-9-14/h3-11,13H,12H2,1-2H3,(H,22,23,25)(H2,21,24,26,27). The van der Waals surface area contributed by atoms with Crippen molar-refractivity contribution in [3.8, 4) is 0 Å². The number of urea groups is 1. The Morgan fingerprint density at radius 1 is 1.00 bits per heavy atom. The molecule has 8 heteroatoms. The first-order chi connectivity index (χ1) is 13.5. The SMILES string of the molecule is CC(C)NC(=O)NC(=O)CSc1nc(Nc2ccccc2)c2ccccc2n1. The smallest absolute Gasteiger partial charge is 0.321 e. The van der Waals surface area contributed by atoms with Crippen LogP contribution in [-0.2, 0) is 4.79 Å². The lowest BCUT2D eigenvalue weighted by atomic mass is 10.2. The van der Waals surface area contributed by atoms with Gasteiger partial charge in [0, 0.05) is 17.1 Å². The molecule has 0 bridgehead atoms. The molecule has 2 aromatic carbocycles. The molecule has 0 aliphatic rings. The zero-order valence-corrected chi connectivity index (χ0v) is 16.4. The second-order valence-corrected chi connectivity index (χ2v) is 7.27. The summed E-state index contributed by atoms with van der Waals surface area (Å²) in [5.74, 6) is 0.295. The lowest BCUT2D eigenvalue weighted by Crippen LogP contribution is -2.43. The van der Waals surface area contributed by atoms with E-state index in [2.05, 4.69) is 25.9 Å². The van der Waals surface area contributed by atoms with E-state index < -0.39 is 11.9 Å². The van der Waals surface area contributed by atoms with E-state index in [4.69, 9.17) is 0 Å². The van der Waals surface area contributed by atoms with Crippen LogP contribution in [0.1, 0.15) is 13.8 Å². The normalized spacial score (nSPS) is 10.7. The minimum Gasteiger partial charge on any atom is -0.340 e. The number of carbonyl (C=O) groups excluding carboxylic acids is 2. The summed E-state index contributed by atoms with van der Waals surface area (Å²) < 4.78 is 0. The van der Waals surface area contributed by atoms with Crippen LogP contribution in [0.2, 0.25) is 0 Å². The lowest BCUT2D eigenvalue weighted by Gasteiger charge is -2.11. The Bertz CT molecular complexity index is 979. The number of rotatable bonds is 6. The van der Waals surface area contributed by atoms with E-state index in [1.807, 2.05) is 68.4 Å². The van der Waals surface area contributed by atoms with E-state index >= 15 is 0 Å². The fraction of sp³-hybridized carbons (Fsp3) is 0.200. The summed E-state index contributed by atoms with van der Waals surface area (Å²) in [4.78, 5) is 32.7. The second-order valence-electron chi connectivity index (χ2n) is 6.33. The van der Waals surface area contributed by atoms with Crippen LogP contribution in [0.25, 0.3) is 10.9 Å². The van der Waals surface area contributed by atoms with E-state index in [-0.39, 0.29) is 11.8 Å². The molecule has 3 N–H and O–H groups in total. The molecule has 1 aromatic heterocycles. The number of para-hydroxylation sites is 2.